The summed E-state index contributed by atoms with van der Waals surface area (Å²) in [4.78, 5) is 8.89. The molecular formula is C15H18BrN3O. The minimum absolute atomic E-state index is 0.273. The van der Waals surface area contributed by atoms with Gasteiger partial charge in [-0.05, 0) is 35.0 Å². The van der Waals surface area contributed by atoms with E-state index in [1.54, 1.807) is 0 Å². The summed E-state index contributed by atoms with van der Waals surface area (Å²) in [6.45, 7) is 6.73. The van der Waals surface area contributed by atoms with Gasteiger partial charge in [-0.3, -0.25) is 0 Å². The van der Waals surface area contributed by atoms with Gasteiger partial charge in [0.25, 0.3) is 0 Å². The minimum Gasteiger partial charge on any atom is -0.492 e. The SMILES string of the molecule is CCOc1ccccc1Nc1cc(Br)nc(C(C)C)n1. The first-order valence-corrected chi connectivity index (χ1v) is 7.42. The molecule has 4 nitrogen and oxygen atoms in total. The van der Waals surface area contributed by atoms with E-state index in [1.807, 2.05) is 37.3 Å². The average molecular weight is 336 g/mol. The molecule has 0 aliphatic rings. The van der Waals surface area contributed by atoms with E-state index in [-0.39, 0.29) is 5.92 Å². The van der Waals surface area contributed by atoms with Gasteiger partial charge >= 0.3 is 0 Å². The lowest BCUT2D eigenvalue weighted by atomic mass is 10.2. The molecule has 0 unspecified atom stereocenters. The van der Waals surface area contributed by atoms with E-state index in [9.17, 15) is 0 Å². The highest BCUT2D eigenvalue weighted by molar-refractivity contribution is 9.10. The van der Waals surface area contributed by atoms with Gasteiger partial charge in [-0.25, -0.2) is 9.97 Å². The number of nitrogens with zero attached hydrogens (tertiary/aromatic N) is 2. The summed E-state index contributed by atoms with van der Waals surface area (Å²) in [5.41, 5.74) is 0.898. The summed E-state index contributed by atoms with van der Waals surface area (Å²) < 4.78 is 6.37. The van der Waals surface area contributed by atoms with Gasteiger partial charge in [0, 0.05) is 12.0 Å². The molecule has 0 amide bonds. The predicted octanol–water partition coefficient (Wildman–Crippen LogP) is 4.50. The summed E-state index contributed by atoms with van der Waals surface area (Å²) in [7, 11) is 0. The van der Waals surface area contributed by atoms with E-state index < -0.39 is 0 Å². The molecule has 0 spiro atoms. The van der Waals surface area contributed by atoms with Crippen molar-refractivity contribution in [3.63, 3.8) is 0 Å². The zero-order chi connectivity index (χ0) is 14.5. The molecule has 0 aliphatic heterocycles. The number of para-hydroxylation sites is 2. The number of nitrogens with one attached hydrogen (secondary N) is 1. The molecule has 0 fully saturated rings. The van der Waals surface area contributed by atoms with Crippen molar-refractivity contribution in [3.05, 3.63) is 40.8 Å². The van der Waals surface area contributed by atoms with Crippen LogP contribution in [0.3, 0.4) is 0 Å². The van der Waals surface area contributed by atoms with Gasteiger partial charge in [-0.2, -0.15) is 0 Å². The van der Waals surface area contributed by atoms with Crippen molar-refractivity contribution in [2.24, 2.45) is 0 Å². The molecule has 0 bridgehead atoms. The van der Waals surface area contributed by atoms with Crippen LogP contribution in [0.5, 0.6) is 5.75 Å². The Morgan fingerprint density at radius 3 is 2.70 bits per heavy atom. The Hall–Kier alpha value is -1.62. The zero-order valence-corrected chi connectivity index (χ0v) is 13.4. The fourth-order valence-electron chi connectivity index (χ4n) is 1.75. The molecule has 106 valence electrons. The molecule has 1 heterocycles. The van der Waals surface area contributed by atoms with Crippen molar-refractivity contribution in [2.75, 3.05) is 11.9 Å². The number of hydrogen-bond acceptors (Lipinski definition) is 4. The Balaban J connectivity index is 2.30. The second kappa shape index (κ2) is 6.70. The maximum atomic E-state index is 5.60. The van der Waals surface area contributed by atoms with Crippen molar-refractivity contribution >= 4 is 27.4 Å². The Bertz CT molecular complexity index is 587. The van der Waals surface area contributed by atoms with Gasteiger partial charge < -0.3 is 10.1 Å². The van der Waals surface area contributed by atoms with Crippen molar-refractivity contribution in [3.8, 4) is 5.75 Å². The average Bonchev–Trinajstić information content (AvgIpc) is 2.40. The normalized spacial score (nSPS) is 10.7. The number of rotatable bonds is 5. The van der Waals surface area contributed by atoms with Crippen LogP contribution in [0.15, 0.2) is 34.9 Å². The van der Waals surface area contributed by atoms with Crippen LogP contribution in [0.1, 0.15) is 32.5 Å². The third kappa shape index (κ3) is 3.70. The van der Waals surface area contributed by atoms with Gasteiger partial charge in [-0.15, -0.1) is 0 Å². The highest BCUT2D eigenvalue weighted by Gasteiger charge is 2.09. The second-order valence-electron chi connectivity index (χ2n) is 4.64. The molecule has 0 radical (unpaired) electrons. The van der Waals surface area contributed by atoms with Crippen molar-refractivity contribution in [2.45, 2.75) is 26.7 Å². The third-order valence-corrected chi connectivity index (χ3v) is 3.08. The Morgan fingerprint density at radius 2 is 2.00 bits per heavy atom. The molecule has 5 heteroatoms. The first-order chi connectivity index (χ1) is 9.60. The first kappa shape index (κ1) is 14.8. The Morgan fingerprint density at radius 1 is 1.25 bits per heavy atom. The zero-order valence-electron chi connectivity index (χ0n) is 11.9. The molecule has 20 heavy (non-hydrogen) atoms. The quantitative estimate of drug-likeness (QED) is 0.817. The summed E-state index contributed by atoms with van der Waals surface area (Å²) in [5, 5.41) is 3.29. The number of anilines is 2. The van der Waals surface area contributed by atoms with Gasteiger partial charge in [0.05, 0.1) is 12.3 Å². The molecule has 1 N–H and O–H groups in total. The van der Waals surface area contributed by atoms with Crippen LogP contribution < -0.4 is 10.1 Å². The van der Waals surface area contributed by atoms with E-state index in [2.05, 4.69) is 45.1 Å². The summed E-state index contributed by atoms with van der Waals surface area (Å²) in [5.74, 6) is 2.64. The van der Waals surface area contributed by atoms with E-state index in [0.717, 1.165) is 27.7 Å². The standard InChI is InChI=1S/C15H18BrN3O/c1-4-20-12-8-6-5-7-11(12)17-14-9-13(16)18-15(19-14)10(2)3/h5-10H,4H2,1-3H3,(H,17,18,19). The van der Waals surface area contributed by atoms with Gasteiger partial charge in [0.1, 0.15) is 22.0 Å². The monoisotopic (exact) mass is 335 g/mol. The molecule has 1 aromatic carbocycles. The van der Waals surface area contributed by atoms with Crippen LogP contribution in [0, 0.1) is 0 Å². The molecule has 2 aromatic rings. The lowest BCUT2D eigenvalue weighted by Gasteiger charge is -2.13. The third-order valence-electron chi connectivity index (χ3n) is 2.68. The van der Waals surface area contributed by atoms with Crippen LogP contribution >= 0.6 is 15.9 Å². The lowest BCUT2D eigenvalue weighted by Crippen LogP contribution is -2.03. The van der Waals surface area contributed by atoms with Crippen LogP contribution in [-0.2, 0) is 0 Å². The van der Waals surface area contributed by atoms with Crippen LogP contribution in [0.2, 0.25) is 0 Å². The van der Waals surface area contributed by atoms with Crippen molar-refractivity contribution < 1.29 is 4.74 Å². The number of hydrogen-bond donors (Lipinski definition) is 1. The Labute approximate surface area is 127 Å². The number of aromatic nitrogens is 2. The molecular weight excluding hydrogens is 318 g/mol. The smallest absolute Gasteiger partial charge is 0.142 e. The van der Waals surface area contributed by atoms with Crippen LogP contribution in [-0.4, -0.2) is 16.6 Å². The van der Waals surface area contributed by atoms with Crippen LogP contribution in [0.4, 0.5) is 11.5 Å². The van der Waals surface area contributed by atoms with Gasteiger partial charge in [0.15, 0.2) is 0 Å². The fourth-order valence-corrected chi connectivity index (χ4v) is 2.15. The summed E-state index contributed by atoms with van der Waals surface area (Å²) in [6.07, 6.45) is 0. The predicted molar refractivity (Wildman–Crippen MR) is 84.7 cm³/mol. The maximum absolute atomic E-state index is 5.60. The molecule has 0 saturated carbocycles. The summed E-state index contributed by atoms with van der Waals surface area (Å²) in [6, 6.07) is 9.67. The van der Waals surface area contributed by atoms with E-state index in [0.29, 0.717) is 6.61 Å². The molecule has 0 saturated heterocycles. The number of ether oxygens (including phenoxy) is 1. The van der Waals surface area contributed by atoms with Crippen molar-refractivity contribution in [1.82, 2.24) is 9.97 Å². The first-order valence-electron chi connectivity index (χ1n) is 6.63. The number of benzene rings is 1. The summed E-state index contributed by atoms with van der Waals surface area (Å²) >= 11 is 3.42. The topological polar surface area (TPSA) is 47.0 Å². The van der Waals surface area contributed by atoms with Crippen LogP contribution in [0.25, 0.3) is 0 Å². The van der Waals surface area contributed by atoms with Gasteiger partial charge in [-0.1, -0.05) is 26.0 Å². The second-order valence-corrected chi connectivity index (χ2v) is 5.46. The highest BCUT2D eigenvalue weighted by atomic mass is 79.9. The highest BCUT2D eigenvalue weighted by Crippen LogP contribution is 2.28. The van der Waals surface area contributed by atoms with E-state index in [4.69, 9.17) is 4.74 Å². The van der Waals surface area contributed by atoms with Gasteiger partial charge in [0.2, 0.25) is 0 Å². The lowest BCUT2D eigenvalue weighted by molar-refractivity contribution is 0.342. The maximum Gasteiger partial charge on any atom is 0.142 e. The molecule has 0 atom stereocenters. The largest absolute Gasteiger partial charge is 0.492 e. The van der Waals surface area contributed by atoms with Crippen molar-refractivity contribution in [1.29, 1.82) is 0 Å². The molecule has 1 aromatic heterocycles. The fraction of sp³-hybridized carbons (Fsp3) is 0.333. The van der Waals surface area contributed by atoms with E-state index in [1.165, 1.54) is 0 Å². The molecule has 0 aliphatic carbocycles. The molecule has 2 rings (SSSR count). The Kier molecular flexibility index (Phi) is 4.95. The minimum atomic E-state index is 0.273. The van der Waals surface area contributed by atoms with E-state index >= 15 is 0 Å². The number of halogens is 1.